The third kappa shape index (κ3) is 3.84. The van der Waals surface area contributed by atoms with Gasteiger partial charge in [0, 0.05) is 28.7 Å². The number of hydrazone groups is 1. The van der Waals surface area contributed by atoms with E-state index in [2.05, 4.69) is 15.5 Å². The fourth-order valence-corrected chi connectivity index (χ4v) is 2.10. The summed E-state index contributed by atoms with van der Waals surface area (Å²) in [6, 6.07) is 14.3. The maximum atomic E-state index is 11.9. The van der Waals surface area contributed by atoms with Crippen LogP contribution in [0.15, 0.2) is 72.4 Å². The van der Waals surface area contributed by atoms with Crippen molar-refractivity contribution in [2.24, 2.45) is 5.10 Å². The number of benzene rings is 2. The van der Waals surface area contributed by atoms with Crippen LogP contribution in [0.5, 0.6) is 0 Å². The lowest BCUT2D eigenvalue weighted by atomic mass is 10.2. The third-order valence-electron chi connectivity index (χ3n) is 3.18. The molecule has 0 radical (unpaired) electrons. The average molecular weight is 325 g/mol. The summed E-state index contributed by atoms with van der Waals surface area (Å²) in [6.07, 6.45) is 6.91. The van der Waals surface area contributed by atoms with Gasteiger partial charge in [-0.3, -0.25) is 4.79 Å². The SMILES string of the molecule is O=C(N/N=C/c1ccc(-n2ccnc2)cc1)c1ccc(Cl)cc1. The molecule has 1 aromatic heterocycles. The molecule has 0 bridgehead atoms. The Morgan fingerprint density at radius 1 is 1.13 bits per heavy atom. The maximum absolute atomic E-state index is 11.9. The van der Waals surface area contributed by atoms with Crippen molar-refractivity contribution in [1.82, 2.24) is 15.0 Å². The normalized spacial score (nSPS) is 10.8. The van der Waals surface area contributed by atoms with Gasteiger partial charge in [0.25, 0.3) is 5.91 Å². The van der Waals surface area contributed by atoms with Gasteiger partial charge in [0.2, 0.25) is 0 Å². The highest BCUT2D eigenvalue weighted by molar-refractivity contribution is 6.30. The summed E-state index contributed by atoms with van der Waals surface area (Å²) in [4.78, 5) is 15.9. The van der Waals surface area contributed by atoms with Crippen LogP contribution in [-0.4, -0.2) is 21.7 Å². The largest absolute Gasteiger partial charge is 0.306 e. The molecule has 1 heterocycles. The van der Waals surface area contributed by atoms with Crippen LogP contribution in [0, 0.1) is 0 Å². The quantitative estimate of drug-likeness (QED) is 0.591. The minimum atomic E-state index is -0.284. The van der Waals surface area contributed by atoms with Crippen molar-refractivity contribution < 1.29 is 4.79 Å². The van der Waals surface area contributed by atoms with Gasteiger partial charge in [0.15, 0.2) is 0 Å². The molecule has 0 spiro atoms. The Morgan fingerprint density at radius 3 is 2.52 bits per heavy atom. The summed E-state index contributed by atoms with van der Waals surface area (Å²) in [6.45, 7) is 0. The van der Waals surface area contributed by atoms with Crippen LogP contribution in [0.2, 0.25) is 5.02 Å². The minimum absolute atomic E-state index is 0.284. The molecule has 0 aliphatic carbocycles. The molecule has 0 fully saturated rings. The number of nitrogens with one attached hydrogen (secondary N) is 1. The van der Waals surface area contributed by atoms with Crippen molar-refractivity contribution in [3.05, 3.63) is 83.4 Å². The van der Waals surface area contributed by atoms with Crippen LogP contribution < -0.4 is 5.43 Å². The van der Waals surface area contributed by atoms with Gasteiger partial charge in [0.05, 0.1) is 12.5 Å². The fraction of sp³-hybridized carbons (Fsp3) is 0. The molecule has 0 aliphatic rings. The lowest BCUT2D eigenvalue weighted by Gasteiger charge is -2.02. The Kier molecular flexibility index (Phi) is 4.49. The minimum Gasteiger partial charge on any atom is -0.306 e. The topological polar surface area (TPSA) is 59.3 Å². The Hall–Kier alpha value is -2.92. The van der Waals surface area contributed by atoms with Crippen molar-refractivity contribution in [2.45, 2.75) is 0 Å². The van der Waals surface area contributed by atoms with E-state index in [4.69, 9.17) is 11.6 Å². The Morgan fingerprint density at radius 2 is 1.87 bits per heavy atom. The smallest absolute Gasteiger partial charge is 0.271 e. The predicted octanol–water partition coefficient (Wildman–Crippen LogP) is 3.29. The molecule has 114 valence electrons. The first-order valence-corrected chi connectivity index (χ1v) is 7.27. The zero-order chi connectivity index (χ0) is 16.1. The molecule has 1 amide bonds. The van der Waals surface area contributed by atoms with Gasteiger partial charge in [-0.25, -0.2) is 10.4 Å². The van der Waals surface area contributed by atoms with Gasteiger partial charge >= 0.3 is 0 Å². The Labute approximate surface area is 138 Å². The summed E-state index contributed by atoms with van der Waals surface area (Å²) in [5, 5.41) is 4.54. The van der Waals surface area contributed by atoms with Crippen LogP contribution in [0.3, 0.4) is 0 Å². The summed E-state index contributed by atoms with van der Waals surface area (Å²) in [5.74, 6) is -0.284. The van der Waals surface area contributed by atoms with Gasteiger partial charge in [-0.05, 0) is 42.0 Å². The standard InChI is InChI=1S/C17H13ClN4O/c18-15-5-3-14(4-6-15)17(23)21-20-11-13-1-7-16(8-2-13)22-10-9-19-12-22/h1-12H,(H,21,23)/b20-11+. The van der Waals surface area contributed by atoms with Crippen molar-refractivity contribution in [3.63, 3.8) is 0 Å². The van der Waals surface area contributed by atoms with E-state index >= 15 is 0 Å². The zero-order valence-corrected chi connectivity index (χ0v) is 12.8. The van der Waals surface area contributed by atoms with E-state index < -0.39 is 0 Å². The van der Waals surface area contributed by atoms with Crippen LogP contribution >= 0.6 is 11.6 Å². The Bertz CT molecular complexity index is 809. The molecule has 0 aliphatic heterocycles. The molecule has 1 N–H and O–H groups in total. The van der Waals surface area contributed by atoms with E-state index in [1.54, 1.807) is 43.0 Å². The number of aromatic nitrogens is 2. The number of carbonyl (C=O) groups excluding carboxylic acids is 1. The first-order valence-electron chi connectivity index (χ1n) is 6.90. The number of hydrogen-bond acceptors (Lipinski definition) is 3. The van der Waals surface area contributed by atoms with E-state index in [9.17, 15) is 4.79 Å². The molecule has 2 aromatic carbocycles. The lowest BCUT2D eigenvalue weighted by Crippen LogP contribution is -2.17. The molecule has 6 heteroatoms. The number of halogens is 1. The van der Waals surface area contributed by atoms with E-state index in [0.717, 1.165) is 11.3 Å². The van der Waals surface area contributed by atoms with Gasteiger partial charge < -0.3 is 4.57 Å². The lowest BCUT2D eigenvalue weighted by molar-refractivity contribution is 0.0955. The summed E-state index contributed by atoms with van der Waals surface area (Å²) >= 11 is 5.78. The van der Waals surface area contributed by atoms with Crippen LogP contribution in [0.25, 0.3) is 5.69 Å². The van der Waals surface area contributed by atoms with Crippen LogP contribution in [0.1, 0.15) is 15.9 Å². The van der Waals surface area contributed by atoms with Crippen molar-refractivity contribution in [2.75, 3.05) is 0 Å². The third-order valence-corrected chi connectivity index (χ3v) is 3.43. The van der Waals surface area contributed by atoms with E-state index in [1.807, 2.05) is 35.0 Å². The summed E-state index contributed by atoms with van der Waals surface area (Å²) in [7, 11) is 0. The molecule has 0 saturated carbocycles. The van der Waals surface area contributed by atoms with Gasteiger partial charge in [-0.15, -0.1) is 0 Å². The number of nitrogens with zero attached hydrogens (tertiary/aromatic N) is 3. The van der Waals surface area contributed by atoms with Gasteiger partial charge in [0.1, 0.15) is 0 Å². The second-order valence-corrected chi connectivity index (χ2v) is 5.20. The zero-order valence-electron chi connectivity index (χ0n) is 12.1. The molecular formula is C17H13ClN4O. The van der Waals surface area contributed by atoms with E-state index in [0.29, 0.717) is 10.6 Å². The summed E-state index contributed by atoms with van der Waals surface area (Å²) < 4.78 is 1.91. The van der Waals surface area contributed by atoms with E-state index in [1.165, 1.54) is 0 Å². The van der Waals surface area contributed by atoms with Gasteiger partial charge in [-0.1, -0.05) is 23.7 Å². The second-order valence-electron chi connectivity index (χ2n) is 4.77. The molecular weight excluding hydrogens is 312 g/mol. The molecule has 3 rings (SSSR count). The first kappa shape index (κ1) is 15.0. The number of imidazole rings is 1. The predicted molar refractivity (Wildman–Crippen MR) is 90.1 cm³/mol. The molecule has 0 atom stereocenters. The van der Waals surface area contributed by atoms with Crippen molar-refractivity contribution in [1.29, 1.82) is 0 Å². The molecule has 0 unspecified atom stereocenters. The fourth-order valence-electron chi connectivity index (χ4n) is 1.98. The average Bonchev–Trinajstić information content (AvgIpc) is 3.10. The molecule has 3 aromatic rings. The monoisotopic (exact) mass is 324 g/mol. The maximum Gasteiger partial charge on any atom is 0.271 e. The van der Waals surface area contributed by atoms with Crippen molar-refractivity contribution in [3.8, 4) is 5.69 Å². The number of rotatable bonds is 4. The van der Waals surface area contributed by atoms with Gasteiger partial charge in [-0.2, -0.15) is 5.10 Å². The van der Waals surface area contributed by atoms with Crippen LogP contribution in [0.4, 0.5) is 0 Å². The van der Waals surface area contributed by atoms with Crippen molar-refractivity contribution >= 4 is 23.7 Å². The molecule has 23 heavy (non-hydrogen) atoms. The number of amides is 1. The highest BCUT2D eigenvalue weighted by Gasteiger charge is 2.03. The highest BCUT2D eigenvalue weighted by Crippen LogP contribution is 2.10. The molecule has 0 saturated heterocycles. The summed E-state index contributed by atoms with van der Waals surface area (Å²) in [5.41, 5.74) is 4.87. The molecule has 5 nitrogen and oxygen atoms in total. The number of carbonyl (C=O) groups is 1. The first-order chi connectivity index (χ1) is 11.2. The second kappa shape index (κ2) is 6.89. The Balaban J connectivity index is 1.61. The van der Waals surface area contributed by atoms with Crippen LogP contribution in [-0.2, 0) is 0 Å². The van der Waals surface area contributed by atoms with E-state index in [-0.39, 0.29) is 5.91 Å². The highest BCUT2D eigenvalue weighted by atomic mass is 35.5. The number of hydrogen-bond donors (Lipinski definition) is 1.